The lowest BCUT2D eigenvalue weighted by Gasteiger charge is -2.15. The fraction of sp³-hybridized carbons (Fsp3) is 0.100. The summed E-state index contributed by atoms with van der Waals surface area (Å²) in [5.74, 6) is -1.56. The van der Waals surface area contributed by atoms with Gasteiger partial charge in [0.05, 0.1) is 5.69 Å². The minimum absolute atomic E-state index is 0.521. The molecule has 4 amide bonds. The fourth-order valence-electron chi connectivity index (χ4n) is 1.25. The third-order valence-corrected chi connectivity index (χ3v) is 2.80. The second-order valence-corrected chi connectivity index (χ2v) is 4.65. The number of nitrogens with one attached hydrogen (secondary N) is 2. The Morgan fingerprint density at radius 2 is 1.56 bits per heavy atom. The number of nitrogens with zero attached hydrogens (tertiary/aromatic N) is 2. The summed E-state index contributed by atoms with van der Waals surface area (Å²) >= 11 is 2.14. The van der Waals surface area contributed by atoms with Gasteiger partial charge in [-0.05, 0) is 46.9 Å². The molecule has 1 saturated heterocycles. The number of rotatable bonds is 2. The van der Waals surface area contributed by atoms with Gasteiger partial charge in [-0.15, -0.1) is 0 Å². The molecule has 8 heteroatoms. The van der Waals surface area contributed by atoms with Gasteiger partial charge in [0, 0.05) is 3.57 Å². The summed E-state index contributed by atoms with van der Waals surface area (Å²) in [6.07, 6.45) is 0. The molecule has 0 atom stereocenters. The van der Waals surface area contributed by atoms with E-state index in [9.17, 15) is 14.4 Å². The van der Waals surface area contributed by atoms with Crippen molar-refractivity contribution in [1.29, 1.82) is 0 Å². The minimum atomic E-state index is -1.33. The molecule has 1 heterocycles. The molecule has 18 heavy (non-hydrogen) atoms. The molecule has 1 aromatic rings. The van der Waals surface area contributed by atoms with E-state index >= 15 is 0 Å². The number of azo groups is 1. The first kappa shape index (κ1) is 12.6. The molecule has 0 saturated carbocycles. The van der Waals surface area contributed by atoms with E-state index in [4.69, 9.17) is 0 Å². The lowest BCUT2D eigenvalue weighted by Crippen LogP contribution is -2.57. The first-order chi connectivity index (χ1) is 8.56. The number of hydrogen-bond donors (Lipinski definition) is 2. The largest absolute Gasteiger partial charge is 0.328 e. The average molecular weight is 358 g/mol. The van der Waals surface area contributed by atoms with Crippen molar-refractivity contribution in [1.82, 2.24) is 10.6 Å². The van der Waals surface area contributed by atoms with E-state index in [0.29, 0.717) is 5.69 Å². The Hall–Kier alpha value is -1.84. The summed E-state index contributed by atoms with van der Waals surface area (Å²) < 4.78 is 1.03. The van der Waals surface area contributed by atoms with Gasteiger partial charge < -0.3 is 0 Å². The maximum atomic E-state index is 11.3. The van der Waals surface area contributed by atoms with Crippen molar-refractivity contribution in [2.24, 2.45) is 10.2 Å². The number of urea groups is 1. The average Bonchev–Trinajstić information content (AvgIpc) is 2.30. The van der Waals surface area contributed by atoms with Gasteiger partial charge in [0.15, 0.2) is 0 Å². The predicted octanol–water partition coefficient (Wildman–Crippen LogP) is 1.11. The van der Waals surface area contributed by atoms with Crippen LogP contribution in [0.25, 0.3) is 0 Å². The highest BCUT2D eigenvalue weighted by atomic mass is 127. The molecule has 92 valence electrons. The second-order valence-electron chi connectivity index (χ2n) is 3.40. The number of carbonyl (C=O) groups is 3. The maximum Gasteiger partial charge on any atom is 0.328 e. The van der Waals surface area contributed by atoms with Crippen LogP contribution < -0.4 is 10.6 Å². The lowest BCUT2D eigenvalue weighted by molar-refractivity contribution is -0.131. The fourth-order valence-corrected chi connectivity index (χ4v) is 1.61. The van der Waals surface area contributed by atoms with Crippen LogP contribution in [0.5, 0.6) is 0 Å². The SMILES string of the molecule is O=C1NC(=O)C(N=Nc2ccc(I)cc2)C(=O)N1. The van der Waals surface area contributed by atoms with Crippen molar-refractivity contribution in [2.45, 2.75) is 6.04 Å². The zero-order valence-electron chi connectivity index (χ0n) is 8.88. The Balaban J connectivity index is 2.13. The molecule has 0 aromatic heterocycles. The van der Waals surface area contributed by atoms with Crippen molar-refractivity contribution >= 4 is 46.1 Å². The van der Waals surface area contributed by atoms with Crippen LogP contribution in [0, 0.1) is 3.57 Å². The van der Waals surface area contributed by atoms with E-state index in [1.165, 1.54) is 0 Å². The lowest BCUT2D eigenvalue weighted by atomic mass is 10.2. The highest BCUT2D eigenvalue weighted by molar-refractivity contribution is 14.1. The van der Waals surface area contributed by atoms with E-state index in [2.05, 4.69) is 32.8 Å². The summed E-state index contributed by atoms with van der Waals surface area (Å²) in [7, 11) is 0. The Morgan fingerprint density at radius 3 is 2.11 bits per heavy atom. The Morgan fingerprint density at radius 1 is 1.00 bits per heavy atom. The number of barbiturate groups is 1. The molecule has 0 unspecified atom stereocenters. The van der Waals surface area contributed by atoms with E-state index in [0.717, 1.165) is 3.57 Å². The molecule has 1 aromatic carbocycles. The summed E-state index contributed by atoms with van der Waals surface area (Å²) in [5, 5.41) is 11.3. The van der Waals surface area contributed by atoms with Gasteiger partial charge in [-0.2, -0.15) is 10.2 Å². The molecule has 0 aliphatic carbocycles. The summed E-state index contributed by atoms with van der Waals surface area (Å²) in [6, 6.07) is 4.87. The van der Waals surface area contributed by atoms with Gasteiger partial charge in [-0.3, -0.25) is 20.2 Å². The number of benzene rings is 1. The molecule has 7 nitrogen and oxygen atoms in total. The number of carbonyl (C=O) groups excluding carboxylic acids is 3. The van der Waals surface area contributed by atoms with Gasteiger partial charge in [-0.25, -0.2) is 4.79 Å². The Labute approximate surface area is 115 Å². The minimum Gasteiger partial charge on any atom is -0.275 e. The van der Waals surface area contributed by atoms with Crippen LogP contribution >= 0.6 is 22.6 Å². The van der Waals surface area contributed by atoms with E-state index < -0.39 is 23.9 Å². The third-order valence-electron chi connectivity index (χ3n) is 2.09. The van der Waals surface area contributed by atoms with Crippen LogP contribution in [0.1, 0.15) is 0 Å². The Kier molecular flexibility index (Phi) is 3.65. The molecule has 0 radical (unpaired) electrons. The topological polar surface area (TPSA) is 100.0 Å². The molecule has 2 N–H and O–H groups in total. The van der Waals surface area contributed by atoms with E-state index in [-0.39, 0.29) is 0 Å². The van der Waals surface area contributed by atoms with E-state index in [1.807, 2.05) is 22.8 Å². The highest BCUT2D eigenvalue weighted by Gasteiger charge is 2.34. The van der Waals surface area contributed by atoms with Crippen molar-refractivity contribution in [3.05, 3.63) is 27.8 Å². The van der Waals surface area contributed by atoms with Crippen LogP contribution in [-0.4, -0.2) is 23.9 Å². The van der Waals surface area contributed by atoms with Crippen molar-refractivity contribution in [2.75, 3.05) is 0 Å². The van der Waals surface area contributed by atoms with Gasteiger partial charge in [0.2, 0.25) is 6.04 Å². The van der Waals surface area contributed by atoms with Crippen LogP contribution in [0.2, 0.25) is 0 Å². The molecule has 0 spiro atoms. The molecular formula is C10H7IN4O3. The first-order valence-electron chi connectivity index (χ1n) is 4.88. The highest BCUT2D eigenvalue weighted by Crippen LogP contribution is 2.15. The molecule has 1 aliphatic rings. The predicted molar refractivity (Wildman–Crippen MR) is 69.1 cm³/mol. The van der Waals surface area contributed by atoms with Crippen molar-refractivity contribution < 1.29 is 14.4 Å². The van der Waals surface area contributed by atoms with Crippen LogP contribution in [0.4, 0.5) is 10.5 Å². The summed E-state index contributed by atoms with van der Waals surface area (Å²) in [4.78, 5) is 33.5. The third kappa shape index (κ3) is 2.88. The van der Waals surface area contributed by atoms with Crippen LogP contribution in [0.15, 0.2) is 34.5 Å². The molecular weight excluding hydrogens is 351 g/mol. The molecule has 1 fully saturated rings. The normalized spacial score (nSPS) is 16.8. The van der Waals surface area contributed by atoms with Gasteiger partial charge in [0.1, 0.15) is 0 Å². The van der Waals surface area contributed by atoms with Gasteiger partial charge in [-0.1, -0.05) is 0 Å². The number of amides is 4. The second kappa shape index (κ2) is 5.21. The number of halogens is 1. The number of imide groups is 2. The molecule has 1 aliphatic heterocycles. The van der Waals surface area contributed by atoms with E-state index in [1.54, 1.807) is 12.1 Å². The van der Waals surface area contributed by atoms with Gasteiger partial charge in [0.25, 0.3) is 11.8 Å². The Bertz CT molecular complexity index is 521. The standard InChI is InChI=1S/C10H7IN4O3/c11-5-1-3-6(4-2-5)14-15-7-8(16)12-10(18)13-9(7)17/h1-4,7H,(H2,12,13,16,17,18). The van der Waals surface area contributed by atoms with Crippen molar-refractivity contribution in [3.8, 4) is 0 Å². The zero-order valence-corrected chi connectivity index (χ0v) is 11.0. The van der Waals surface area contributed by atoms with Gasteiger partial charge >= 0.3 is 6.03 Å². The van der Waals surface area contributed by atoms with Crippen LogP contribution in [0.3, 0.4) is 0 Å². The monoisotopic (exact) mass is 358 g/mol. The van der Waals surface area contributed by atoms with Crippen molar-refractivity contribution in [3.63, 3.8) is 0 Å². The quantitative estimate of drug-likeness (QED) is 0.471. The van der Waals surface area contributed by atoms with Crippen LogP contribution in [-0.2, 0) is 9.59 Å². The first-order valence-corrected chi connectivity index (χ1v) is 5.96. The summed E-state index contributed by atoms with van der Waals surface area (Å²) in [5.41, 5.74) is 0.521. The zero-order chi connectivity index (χ0) is 13.1. The number of hydrogen-bond acceptors (Lipinski definition) is 5. The summed E-state index contributed by atoms with van der Waals surface area (Å²) in [6.45, 7) is 0. The molecule has 2 rings (SSSR count). The maximum absolute atomic E-state index is 11.3. The molecule has 0 bridgehead atoms. The smallest absolute Gasteiger partial charge is 0.275 e.